The Morgan fingerprint density at radius 1 is 1.25 bits per heavy atom. The number of benzene rings is 1. The first-order valence-corrected chi connectivity index (χ1v) is 8.74. The normalized spacial score (nSPS) is 16.8. The number of nitrogens with one attached hydrogen (secondary N) is 1. The molecule has 1 aliphatic carbocycles. The van der Waals surface area contributed by atoms with Gasteiger partial charge in [0.05, 0.1) is 0 Å². The van der Waals surface area contributed by atoms with Gasteiger partial charge in [-0.2, -0.15) is 5.21 Å². The number of carbonyl (C=O) groups excluding carboxylic acids is 1. The Morgan fingerprint density at radius 2 is 1.96 bits per heavy atom. The lowest BCUT2D eigenvalue weighted by Gasteiger charge is -2.23. The lowest BCUT2D eigenvalue weighted by Crippen LogP contribution is -2.30. The van der Waals surface area contributed by atoms with Gasteiger partial charge in [-0.25, -0.2) is 0 Å². The number of tetrazole rings is 1. The molecule has 1 amide bonds. The summed E-state index contributed by atoms with van der Waals surface area (Å²) in [6.07, 6.45) is 6.55. The third kappa shape index (κ3) is 3.80. The van der Waals surface area contributed by atoms with Crippen molar-refractivity contribution in [1.29, 1.82) is 0 Å². The minimum absolute atomic E-state index is 0.0283. The molecule has 1 unspecified atom stereocenters. The third-order valence-electron chi connectivity index (χ3n) is 4.93. The van der Waals surface area contributed by atoms with E-state index in [4.69, 9.17) is 0 Å². The molecule has 0 saturated heterocycles. The number of likely N-dealkylation sites (N-methyl/N-ethyl adjacent to an activating group) is 1. The monoisotopic (exact) mass is 327 g/mol. The molecule has 24 heavy (non-hydrogen) atoms. The second-order valence-electron chi connectivity index (χ2n) is 6.81. The van der Waals surface area contributed by atoms with Crippen molar-refractivity contribution in [2.24, 2.45) is 0 Å². The van der Waals surface area contributed by atoms with Gasteiger partial charge < -0.3 is 4.90 Å². The zero-order valence-electron chi connectivity index (χ0n) is 14.4. The van der Waals surface area contributed by atoms with Crippen molar-refractivity contribution < 1.29 is 4.79 Å². The number of aromatic nitrogens is 4. The fraction of sp³-hybridized carbons (Fsp3) is 0.556. The zero-order chi connectivity index (χ0) is 16.9. The number of carbonyl (C=O) groups is 1. The van der Waals surface area contributed by atoms with Crippen molar-refractivity contribution in [3.05, 3.63) is 41.2 Å². The smallest absolute Gasteiger partial charge is 0.253 e. The average Bonchev–Trinajstić information content (AvgIpc) is 3.17. The van der Waals surface area contributed by atoms with Crippen LogP contribution in [0.15, 0.2) is 24.3 Å². The summed E-state index contributed by atoms with van der Waals surface area (Å²) in [7, 11) is 1.81. The van der Waals surface area contributed by atoms with Crippen molar-refractivity contribution in [3.63, 3.8) is 0 Å². The van der Waals surface area contributed by atoms with Crippen LogP contribution in [0.25, 0.3) is 0 Å². The van der Waals surface area contributed by atoms with Crippen LogP contribution in [0.3, 0.4) is 0 Å². The van der Waals surface area contributed by atoms with Gasteiger partial charge in [-0.1, -0.05) is 43.5 Å². The molecule has 2 aromatic rings. The van der Waals surface area contributed by atoms with Gasteiger partial charge in [-0.05, 0) is 36.5 Å². The van der Waals surface area contributed by atoms with Gasteiger partial charge in [0.25, 0.3) is 5.91 Å². The molecule has 0 radical (unpaired) electrons. The van der Waals surface area contributed by atoms with E-state index in [1.165, 1.54) is 37.7 Å². The van der Waals surface area contributed by atoms with E-state index in [9.17, 15) is 4.79 Å². The Balaban J connectivity index is 1.61. The van der Waals surface area contributed by atoms with Crippen LogP contribution < -0.4 is 0 Å². The topological polar surface area (TPSA) is 74.8 Å². The highest BCUT2D eigenvalue weighted by Gasteiger charge is 2.19. The van der Waals surface area contributed by atoms with Crippen LogP contribution in [0.1, 0.15) is 72.6 Å². The molecule has 1 fully saturated rings. The summed E-state index contributed by atoms with van der Waals surface area (Å²) < 4.78 is 0. The molecule has 6 heteroatoms. The van der Waals surface area contributed by atoms with Crippen LogP contribution >= 0.6 is 0 Å². The van der Waals surface area contributed by atoms with Gasteiger partial charge in [0.1, 0.15) is 0 Å². The van der Waals surface area contributed by atoms with Crippen molar-refractivity contribution in [2.75, 3.05) is 13.6 Å². The first-order chi connectivity index (χ1) is 11.6. The second-order valence-corrected chi connectivity index (χ2v) is 6.81. The Hall–Kier alpha value is -2.24. The number of nitrogens with zero attached hydrogens (tertiary/aromatic N) is 4. The molecular weight excluding hydrogens is 302 g/mol. The van der Waals surface area contributed by atoms with Crippen LogP contribution in [0.2, 0.25) is 0 Å². The van der Waals surface area contributed by atoms with Gasteiger partial charge >= 0.3 is 0 Å². The summed E-state index contributed by atoms with van der Waals surface area (Å²) in [5.41, 5.74) is 2.10. The van der Waals surface area contributed by atoms with Gasteiger partial charge in [0.15, 0.2) is 5.82 Å². The summed E-state index contributed by atoms with van der Waals surface area (Å²) in [6.45, 7) is 2.55. The van der Waals surface area contributed by atoms with E-state index in [1.807, 2.05) is 26.1 Å². The Kier molecular flexibility index (Phi) is 5.23. The first-order valence-electron chi connectivity index (χ1n) is 8.74. The summed E-state index contributed by atoms with van der Waals surface area (Å²) in [5.74, 6) is 1.36. The van der Waals surface area contributed by atoms with Gasteiger partial charge in [0.2, 0.25) is 0 Å². The first kappa shape index (κ1) is 16.6. The summed E-state index contributed by atoms with van der Waals surface area (Å²) >= 11 is 0. The van der Waals surface area contributed by atoms with E-state index in [1.54, 1.807) is 4.90 Å². The molecule has 0 aliphatic heterocycles. The highest BCUT2D eigenvalue weighted by Crippen LogP contribution is 2.32. The largest absolute Gasteiger partial charge is 0.341 e. The van der Waals surface area contributed by atoms with E-state index in [2.05, 4.69) is 32.8 Å². The average molecular weight is 327 g/mol. The molecule has 0 spiro atoms. The molecule has 1 aromatic carbocycles. The van der Waals surface area contributed by atoms with Crippen LogP contribution in [0, 0.1) is 0 Å². The maximum atomic E-state index is 12.6. The number of rotatable bonds is 5. The van der Waals surface area contributed by atoms with Crippen LogP contribution in [0.5, 0.6) is 0 Å². The minimum Gasteiger partial charge on any atom is -0.341 e. The zero-order valence-corrected chi connectivity index (χ0v) is 14.4. The van der Waals surface area contributed by atoms with Crippen molar-refractivity contribution in [1.82, 2.24) is 25.5 Å². The van der Waals surface area contributed by atoms with E-state index in [-0.39, 0.29) is 11.8 Å². The van der Waals surface area contributed by atoms with Crippen molar-refractivity contribution in [2.45, 2.75) is 50.9 Å². The van der Waals surface area contributed by atoms with Gasteiger partial charge in [-0.3, -0.25) is 4.79 Å². The third-order valence-corrected chi connectivity index (χ3v) is 4.93. The maximum absolute atomic E-state index is 12.6. The number of amides is 1. The predicted octanol–water partition coefficient (Wildman–Crippen LogP) is 3.12. The molecule has 1 aliphatic rings. The summed E-state index contributed by atoms with van der Waals surface area (Å²) in [5, 5.41) is 14.0. The maximum Gasteiger partial charge on any atom is 0.253 e. The lowest BCUT2D eigenvalue weighted by molar-refractivity contribution is 0.0787. The van der Waals surface area contributed by atoms with E-state index in [0.717, 1.165) is 5.56 Å². The van der Waals surface area contributed by atoms with Crippen LogP contribution in [0.4, 0.5) is 0 Å². The fourth-order valence-corrected chi connectivity index (χ4v) is 3.51. The number of H-pyrrole nitrogens is 1. The summed E-state index contributed by atoms with van der Waals surface area (Å²) in [6, 6.07) is 8.17. The molecule has 1 aromatic heterocycles. The molecule has 1 heterocycles. The van der Waals surface area contributed by atoms with Gasteiger partial charge in [-0.15, -0.1) is 10.2 Å². The highest BCUT2D eigenvalue weighted by molar-refractivity contribution is 5.94. The highest BCUT2D eigenvalue weighted by atomic mass is 16.2. The summed E-state index contributed by atoms with van der Waals surface area (Å²) in [4.78, 5) is 14.3. The molecule has 3 rings (SSSR count). The van der Waals surface area contributed by atoms with Crippen LogP contribution in [-0.4, -0.2) is 45.0 Å². The molecule has 128 valence electrons. The predicted molar refractivity (Wildman–Crippen MR) is 91.8 cm³/mol. The van der Waals surface area contributed by atoms with Gasteiger partial charge in [0, 0.05) is 25.1 Å². The SMILES string of the molecule is CC(CN(C)C(=O)c1ccc(C2CCCCC2)cc1)c1nn[nH]n1. The Labute approximate surface area is 142 Å². The molecule has 1 saturated carbocycles. The number of hydrogen-bond acceptors (Lipinski definition) is 4. The van der Waals surface area contributed by atoms with E-state index < -0.39 is 0 Å². The fourth-order valence-electron chi connectivity index (χ4n) is 3.51. The van der Waals surface area contributed by atoms with Crippen molar-refractivity contribution >= 4 is 5.91 Å². The Bertz CT molecular complexity index is 647. The Morgan fingerprint density at radius 3 is 2.58 bits per heavy atom. The molecule has 0 bridgehead atoms. The lowest BCUT2D eigenvalue weighted by atomic mass is 9.84. The van der Waals surface area contributed by atoms with Crippen LogP contribution in [-0.2, 0) is 0 Å². The van der Waals surface area contributed by atoms with E-state index >= 15 is 0 Å². The molecule has 6 nitrogen and oxygen atoms in total. The second kappa shape index (κ2) is 7.55. The molecule has 1 N–H and O–H groups in total. The molecular formula is C18H25N5O. The standard InChI is InChI=1S/C18H25N5O/c1-13(17-19-21-22-20-17)12-23(2)18(24)16-10-8-15(9-11-16)14-6-4-3-5-7-14/h8-11,13-14H,3-7,12H2,1-2H3,(H,19,20,21,22). The number of hydrogen-bond donors (Lipinski definition) is 1. The quantitative estimate of drug-likeness (QED) is 0.915. The van der Waals surface area contributed by atoms with Crippen molar-refractivity contribution in [3.8, 4) is 0 Å². The molecule has 1 atom stereocenters. The van der Waals surface area contributed by atoms with E-state index in [0.29, 0.717) is 18.3 Å². The number of aromatic amines is 1. The minimum atomic E-state index is 0.0283.